The van der Waals surface area contributed by atoms with E-state index in [1.807, 2.05) is 19.9 Å². The van der Waals surface area contributed by atoms with Crippen molar-refractivity contribution in [2.45, 2.75) is 240 Å². The number of carbonyl (C=O) groups is 3. The standard InChI is InChI=1S/C57H84O23/c1-26(59)34-18-21-57(67)55(34,7)50(80-51(65)31-14-12-11-13-15-31)48(74-30(5)60)49-54(6)19-17-33(22-32(54)16-20-56(49,57)66)75-38-23-35(68-8)44(27(2)71-38)77-39-24-36(69-9)45(28(3)72-39)78-53-43(64)47(70-10)46(29(4)73-53)79-52-42(63)41(62)40(61)37(25-58)76-52/h11-16,27-29,33-50,52-53,58,61-64,66-67H,17-25H2,1-10H3. The predicted molar refractivity (Wildman–Crippen MR) is 275 cm³/mol. The summed E-state index contributed by atoms with van der Waals surface area (Å²) < 4.78 is 80.6. The van der Waals surface area contributed by atoms with Crippen molar-refractivity contribution in [3.63, 3.8) is 0 Å². The van der Waals surface area contributed by atoms with E-state index in [2.05, 4.69) is 0 Å². The molecule has 0 aromatic heterocycles. The SMILES string of the molecule is COC1CC(OC2CCC3(C)C(=CCC4(O)C3C(OC(C)=O)C(OC(=O)c3ccccc3)C3(C)C(C(C)=O)CCC43O)C2)OC(C)C1OC1CC(OC)C(OC2OC(C)C(OC3OC(CO)C(O)C(O)C3O)C(OC)C2O)C(C)O1. The molecule has 0 bridgehead atoms. The van der Waals surface area contributed by atoms with Gasteiger partial charge in [-0.15, -0.1) is 0 Å². The quantitative estimate of drug-likeness (QED) is 0.0912. The van der Waals surface area contributed by atoms with Crippen molar-refractivity contribution in [3.8, 4) is 0 Å². The molecule has 27 unspecified atom stereocenters. The minimum atomic E-state index is -1.92. The van der Waals surface area contributed by atoms with Crippen LogP contribution in [-0.2, 0) is 71.2 Å². The van der Waals surface area contributed by atoms with Gasteiger partial charge in [0.2, 0.25) is 0 Å². The van der Waals surface area contributed by atoms with E-state index in [4.69, 9.17) is 61.6 Å². The zero-order valence-corrected chi connectivity index (χ0v) is 47.3. The van der Waals surface area contributed by atoms with E-state index >= 15 is 0 Å². The molecular formula is C57H84O23. The van der Waals surface area contributed by atoms with Crippen LogP contribution in [0.15, 0.2) is 42.0 Å². The maximum atomic E-state index is 14.0. The van der Waals surface area contributed by atoms with Crippen molar-refractivity contribution in [2.75, 3.05) is 27.9 Å². The molecule has 4 saturated heterocycles. The fourth-order valence-electron chi connectivity index (χ4n) is 15.2. The Morgan fingerprint density at radius 1 is 0.662 bits per heavy atom. The molecule has 4 aliphatic carbocycles. The van der Waals surface area contributed by atoms with Gasteiger partial charge in [-0.1, -0.05) is 43.7 Å². The number of hydrogen-bond donors (Lipinski definition) is 7. The summed E-state index contributed by atoms with van der Waals surface area (Å²) in [7, 11) is 4.46. The van der Waals surface area contributed by atoms with Gasteiger partial charge in [0.15, 0.2) is 25.2 Å². The third-order valence-corrected chi connectivity index (χ3v) is 19.4. The van der Waals surface area contributed by atoms with Gasteiger partial charge in [-0.2, -0.15) is 0 Å². The molecule has 3 saturated carbocycles. The normalized spacial score (nSPS) is 48.4. The van der Waals surface area contributed by atoms with E-state index in [0.29, 0.717) is 25.7 Å². The predicted octanol–water partition coefficient (Wildman–Crippen LogP) is 1.52. The Balaban J connectivity index is 0.842. The minimum absolute atomic E-state index is 0.0136. The topological polar surface area (TPSA) is 313 Å². The van der Waals surface area contributed by atoms with Gasteiger partial charge < -0.3 is 97.3 Å². The molecule has 0 spiro atoms. The molecule has 9 rings (SSSR count). The summed E-state index contributed by atoms with van der Waals surface area (Å²) in [6.45, 7) is 11.0. The monoisotopic (exact) mass is 1140 g/mol. The first kappa shape index (κ1) is 61.4. The highest BCUT2D eigenvalue weighted by Crippen LogP contribution is 2.70. The molecule has 1 aromatic carbocycles. The number of ether oxygens (including phenoxy) is 13. The minimum Gasteiger partial charge on any atom is -0.458 e. The van der Waals surface area contributed by atoms with Crippen molar-refractivity contribution in [1.29, 1.82) is 0 Å². The summed E-state index contributed by atoms with van der Waals surface area (Å²) in [5.41, 5.74) is -5.07. The fourth-order valence-corrected chi connectivity index (χ4v) is 15.2. The van der Waals surface area contributed by atoms with Crippen molar-refractivity contribution in [3.05, 3.63) is 47.5 Å². The van der Waals surface area contributed by atoms with E-state index < -0.39 is 175 Å². The fraction of sp³-hybridized carbons (Fsp3) is 0.807. The highest BCUT2D eigenvalue weighted by atomic mass is 16.8. The molecule has 450 valence electrons. The molecule has 0 amide bonds. The third-order valence-electron chi connectivity index (χ3n) is 19.4. The highest BCUT2D eigenvalue weighted by molar-refractivity contribution is 5.89. The molecule has 8 aliphatic rings. The van der Waals surface area contributed by atoms with Gasteiger partial charge >= 0.3 is 11.9 Å². The number of aliphatic hydroxyl groups excluding tert-OH is 5. The number of Topliss-reactive ketones (excluding diaryl/α,β-unsaturated/α-hetero) is 1. The van der Waals surface area contributed by atoms with Crippen molar-refractivity contribution in [2.24, 2.45) is 22.7 Å². The molecule has 0 radical (unpaired) electrons. The van der Waals surface area contributed by atoms with Gasteiger partial charge in [0, 0.05) is 58.3 Å². The molecule has 27 atom stereocenters. The Kier molecular flexibility index (Phi) is 18.5. The van der Waals surface area contributed by atoms with Crippen LogP contribution in [0.5, 0.6) is 0 Å². The largest absolute Gasteiger partial charge is 0.458 e. The second kappa shape index (κ2) is 24.1. The number of hydrogen-bond acceptors (Lipinski definition) is 23. The maximum Gasteiger partial charge on any atom is 0.338 e. The molecular weight excluding hydrogens is 1050 g/mol. The van der Waals surface area contributed by atoms with E-state index in [1.54, 1.807) is 58.2 Å². The zero-order chi connectivity index (χ0) is 58.0. The van der Waals surface area contributed by atoms with Gasteiger partial charge in [0.25, 0.3) is 0 Å². The average Bonchev–Trinajstić information content (AvgIpc) is 3.45. The summed E-state index contributed by atoms with van der Waals surface area (Å²) >= 11 is 0. The number of aliphatic hydroxyl groups is 7. The first-order valence-corrected chi connectivity index (χ1v) is 28.1. The summed E-state index contributed by atoms with van der Waals surface area (Å²) in [5.74, 6) is -3.37. The van der Waals surface area contributed by atoms with Crippen LogP contribution >= 0.6 is 0 Å². The van der Waals surface area contributed by atoms with Gasteiger partial charge in [0.1, 0.15) is 84.1 Å². The molecule has 7 fully saturated rings. The van der Waals surface area contributed by atoms with Crippen LogP contribution in [0.3, 0.4) is 0 Å². The lowest BCUT2D eigenvalue weighted by atomic mass is 9.42. The second-order valence-corrected chi connectivity index (χ2v) is 23.8. The van der Waals surface area contributed by atoms with Crippen molar-refractivity contribution in [1.82, 2.24) is 0 Å². The Hall–Kier alpha value is -3.15. The highest BCUT2D eigenvalue weighted by Gasteiger charge is 2.81. The summed E-state index contributed by atoms with van der Waals surface area (Å²) in [4.78, 5) is 40.6. The van der Waals surface area contributed by atoms with Crippen LogP contribution in [0.1, 0.15) is 110 Å². The average molecular weight is 1140 g/mol. The lowest BCUT2D eigenvalue weighted by molar-refractivity contribution is -0.373. The number of rotatable bonds is 16. The number of methoxy groups -OCH3 is 3. The van der Waals surface area contributed by atoms with Gasteiger partial charge in [0.05, 0.1) is 48.8 Å². The van der Waals surface area contributed by atoms with Crippen LogP contribution in [0.25, 0.3) is 0 Å². The first-order chi connectivity index (χ1) is 37.9. The molecule has 1 aromatic rings. The number of fused-ring (bicyclic) bond motifs is 5. The second-order valence-electron chi connectivity index (χ2n) is 23.8. The molecule has 23 heteroatoms. The molecule has 80 heavy (non-hydrogen) atoms. The Morgan fingerprint density at radius 2 is 1.26 bits per heavy atom. The lowest BCUT2D eigenvalue weighted by Gasteiger charge is -2.68. The number of benzene rings is 1. The first-order valence-electron chi connectivity index (χ1n) is 28.1. The summed E-state index contributed by atoms with van der Waals surface area (Å²) in [5, 5.41) is 78.8. The summed E-state index contributed by atoms with van der Waals surface area (Å²) in [6, 6.07) is 8.35. The van der Waals surface area contributed by atoms with Crippen LogP contribution in [-0.4, -0.2) is 222 Å². The van der Waals surface area contributed by atoms with E-state index in [-0.39, 0.29) is 43.1 Å². The number of esters is 2. The molecule has 4 aliphatic heterocycles. The van der Waals surface area contributed by atoms with E-state index in [9.17, 15) is 50.1 Å². The van der Waals surface area contributed by atoms with Crippen molar-refractivity contribution >= 4 is 17.7 Å². The third kappa shape index (κ3) is 10.8. The van der Waals surface area contributed by atoms with Crippen LogP contribution in [0.2, 0.25) is 0 Å². The molecule has 4 heterocycles. The van der Waals surface area contributed by atoms with Crippen LogP contribution in [0.4, 0.5) is 0 Å². The number of carbonyl (C=O) groups excluding carboxylic acids is 3. The van der Waals surface area contributed by atoms with E-state index in [0.717, 1.165) is 5.57 Å². The Bertz CT molecular complexity index is 2360. The van der Waals surface area contributed by atoms with Crippen LogP contribution in [0, 0.1) is 22.7 Å². The van der Waals surface area contributed by atoms with Gasteiger partial charge in [-0.25, -0.2) is 4.79 Å². The summed E-state index contributed by atoms with van der Waals surface area (Å²) in [6.07, 6.45) is -17.4. The molecule has 23 nitrogen and oxygen atoms in total. The Labute approximate surface area is 466 Å². The van der Waals surface area contributed by atoms with E-state index in [1.165, 1.54) is 28.1 Å². The Morgan fingerprint density at radius 3 is 1.86 bits per heavy atom. The number of ketones is 1. The zero-order valence-electron chi connectivity index (χ0n) is 47.3. The van der Waals surface area contributed by atoms with Crippen LogP contribution < -0.4 is 0 Å². The maximum absolute atomic E-state index is 14.0. The molecule has 7 N–H and O–H groups in total. The van der Waals surface area contributed by atoms with Crippen molar-refractivity contribution < 1.29 is 112 Å². The van der Waals surface area contributed by atoms with Gasteiger partial charge in [-0.3, -0.25) is 9.59 Å². The lowest BCUT2D eigenvalue weighted by Crippen LogP contribution is -2.80. The smallest absolute Gasteiger partial charge is 0.338 e. The van der Waals surface area contributed by atoms with Gasteiger partial charge in [-0.05, 0) is 83.8 Å².